The Kier molecular flexibility index (Phi) is 6.27. The highest BCUT2D eigenvalue weighted by Crippen LogP contribution is 2.43. The van der Waals surface area contributed by atoms with E-state index >= 15 is 0 Å². The number of thioether (sulfide) groups is 2. The molecule has 1 N–H and O–H groups in total. The molecule has 2 fully saturated rings. The van der Waals surface area contributed by atoms with Gasteiger partial charge in [-0.1, -0.05) is 24.3 Å². The summed E-state index contributed by atoms with van der Waals surface area (Å²) in [5, 5.41) is 2.98. The van der Waals surface area contributed by atoms with Crippen molar-refractivity contribution < 1.29 is 9.59 Å². The fraction of sp³-hybridized carbons (Fsp3) is 0.364. The van der Waals surface area contributed by atoms with Crippen LogP contribution in [0.5, 0.6) is 0 Å². The molecule has 2 aromatic carbocycles. The molecule has 0 saturated carbocycles. The van der Waals surface area contributed by atoms with Crippen molar-refractivity contribution >= 4 is 41.0 Å². The Balaban J connectivity index is 1.32. The molecule has 0 aromatic heterocycles. The molecule has 28 heavy (non-hydrogen) atoms. The maximum atomic E-state index is 12.5. The van der Waals surface area contributed by atoms with Crippen molar-refractivity contribution in [2.24, 2.45) is 0 Å². The minimum absolute atomic E-state index is 0.0608. The van der Waals surface area contributed by atoms with Gasteiger partial charge in [-0.15, -0.1) is 23.5 Å². The summed E-state index contributed by atoms with van der Waals surface area (Å²) >= 11 is 3.97. The van der Waals surface area contributed by atoms with E-state index in [9.17, 15) is 9.59 Å². The molecule has 0 unspecified atom stereocenters. The summed E-state index contributed by atoms with van der Waals surface area (Å²) in [6.45, 7) is 1.27. The van der Waals surface area contributed by atoms with Gasteiger partial charge in [-0.05, 0) is 59.7 Å². The highest BCUT2D eigenvalue weighted by molar-refractivity contribution is 8.16. The summed E-state index contributed by atoms with van der Waals surface area (Å²) in [6.07, 6.45) is 2.84. The number of hydrogen-bond acceptors (Lipinski definition) is 4. The second-order valence-corrected chi connectivity index (χ2v) is 9.77. The van der Waals surface area contributed by atoms with E-state index in [1.54, 1.807) is 0 Å². The van der Waals surface area contributed by atoms with Crippen LogP contribution >= 0.6 is 23.5 Å². The van der Waals surface area contributed by atoms with E-state index in [1.165, 1.54) is 23.5 Å². The van der Waals surface area contributed by atoms with E-state index in [4.69, 9.17) is 0 Å². The maximum absolute atomic E-state index is 12.5. The van der Waals surface area contributed by atoms with Gasteiger partial charge in [-0.25, -0.2) is 0 Å². The number of benzene rings is 2. The van der Waals surface area contributed by atoms with Gasteiger partial charge in [0.15, 0.2) is 0 Å². The molecule has 0 radical (unpaired) electrons. The Morgan fingerprint density at radius 2 is 1.71 bits per heavy atom. The van der Waals surface area contributed by atoms with Crippen LogP contribution in [0.1, 0.15) is 45.3 Å². The first-order valence-corrected chi connectivity index (χ1v) is 11.8. The molecule has 0 spiro atoms. The molecule has 2 saturated heterocycles. The quantitative estimate of drug-likeness (QED) is 0.779. The van der Waals surface area contributed by atoms with Gasteiger partial charge in [-0.2, -0.15) is 0 Å². The average Bonchev–Trinajstić information content (AvgIpc) is 3.19. The van der Waals surface area contributed by atoms with Crippen molar-refractivity contribution in [2.45, 2.75) is 30.4 Å². The molecule has 0 atom stereocenters. The SMILES string of the molecule is O=C(NCc1ccc(N2CCCC2=O)cc1)c1ccc(C2SCCCS2)cc1. The van der Waals surface area contributed by atoms with Crippen LogP contribution in [0.4, 0.5) is 5.69 Å². The molecule has 2 aromatic rings. The Bertz CT molecular complexity index is 831. The molecule has 2 aliphatic heterocycles. The molecule has 146 valence electrons. The molecule has 2 heterocycles. The van der Waals surface area contributed by atoms with E-state index in [1.807, 2.05) is 64.8 Å². The zero-order valence-corrected chi connectivity index (χ0v) is 17.4. The van der Waals surface area contributed by atoms with Gasteiger partial charge in [0, 0.05) is 30.8 Å². The Morgan fingerprint density at radius 1 is 1.00 bits per heavy atom. The van der Waals surface area contributed by atoms with Crippen molar-refractivity contribution in [3.63, 3.8) is 0 Å². The van der Waals surface area contributed by atoms with E-state index in [-0.39, 0.29) is 11.8 Å². The average molecular weight is 413 g/mol. The smallest absolute Gasteiger partial charge is 0.251 e. The van der Waals surface area contributed by atoms with Crippen LogP contribution in [0.25, 0.3) is 0 Å². The number of nitrogens with zero attached hydrogens (tertiary/aromatic N) is 1. The summed E-state index contributed by atoms with van der Waals surface area (Å²) in [5.41, 5.74) is 3.94. The third-order valence-electron chi connectivity index (χ3n) is 5.05. The highest BCUT2D eigenvalue weighted by atomic mass is 32.2. The molecule has 2 aliphatic rings. The number of amides is 2. The van der Waals surface area contributed by atoms with Gasteiger partial charge in [0.2, 0.25) is 5.91 Å². The highest BCUT2D eigenvalue weighted by Gasteiger charge is 2.21. The molecular formula is C22H24N2O2S2. The summed E-state index contributed by atoms with van der Waals surface area (Å²) < 4.78 is 0.492. The van der Waals surface area contributed by atoms with Crippen LogP contribution < -0.4 is 10.2 Å². The Labute approximate surface area is 174 Å². The van der Waals surface area contributed by atoms with Gasteiger partial charge in [0.1, 0.15) is 0 Å². The van der Waals surface area contributed by atoms with Crippen molar-refractivity contribution in [3.05, 3.63) is 65.2 Å². The lowest BCUT2D eigenvalue weighted by molar-refractivity contribution is -0.117. The first-order chi connectivity index (χ1) is 13.7. The number of anilines is 1. The second kappa shape index (κ2) is 9.05. The van der Waals surface area contributed by atoms with Crippen LogP contribution in [0.2, 0.25) is 0 Å². The first kappa shape index (κ1) is 19.4. The van der Waals surface area contributed by atoms with E-state index < -0.39 is 0 Å². The van der Waals surface area contributed by atoms with Crippen molar-refractivity contribution in [1.82, 2.24) is 5.32 Å². The fourth-order valence-electron chi connectivity index (χ4n) is 3.47. The topological polar surface area (TPSA) is 49.4 Å². The third-order valence-corrected chi connectivity index (χ3v) is 8.06. The molecule has 0 aliphatic carbocycles. The van der Waals surface area contributed by atoms with Gasteiger partial charge in [-0.3, -0.25) is 9.59 Å². The standard InChI is InChI=1S/C22H24N2O2S2/c25-20-3-1-12-24(20)19-10-4-16(5-11-19)15-23-21(26)17-6-8-18(9-7-17)22-27-13-2-14-28-22/h4-11,22H,1-3,12-15H2,(H,23,26). The minimum atomic E-state index is -0.0608. The largest absolute Gasteiger partial charge is 0.348 e. The molecule has 2 amide bonds. The van der Waals surface area contributed by atoms with Crippen LogP contribution in [-0.2, 0) is 11.3 Å². The number of carbonyl (C=O) groups excluding carboxylic acids is 2. The maximum Gasteiger partial charge on any atom is 0.251 e. The predicted octanol–water partition coefficient (Wildman–Crippen LogP) is 4.61. The van der Waals surface area contributed by atoms with Gasteiger partial charge in [0.05, 0.1) is 4.58 Å². The first-order valence-electron chi connectivity index (χ1n) is 9.71. The van der Waals surface area contributed by atoms with E-state index in [2.05, 4.69) is 17.4 Å². The zero-order valence-electron chi connectivity index (χ0n) is 15.7. The number of nitrogens with one attached hydrogen (secondary N) is 1. The van der Waals surface area contributed by atoms with E-state index in [0.717, 1.165) is 24.2 Å². The summed E-state index contributed by atoms with van der Waals surface area (Å²) in [7, 11) is 0. The molecule has 6 heteroatoms. The van der Waals surface area contributed by atoms with Gasteiger partial charge in [0.25, 0.3) is 5.91 Å². The molecule has 4 nitrogen and oxygen atoms in total. The summed E-state index contributed by atoms with van der Waals surface area (Å²) in [6, 6.07) is 15.9. The molecule has 0 bridgehead atoms. The predicted molar refractivity (Wildman–Crippen MR) is 118 cm³/mol. The van der Waals surface area contributed by atoms with E-state index in [0.29, 0.717) is 23.1 Å². The third kappa shape index (κ3) is 4.55. The van der Waals surface area contributed by atoms with Gasteiger partial charge >= 0.3 is 0 Å². The summed E-state index contributed by atoms with van der Waals surface area (Å²) in [4.78, 5) is 26.1. The monoisotopic (exact) mass is 412 g/mol. The van der Waals surface area contributed by atoms with Crippen molar-refractivity contribution in [3.8, 4) is 0 Å². The lowest BCUT2D eigenvalue weighted by Gasteiger charge is -2.21. The summed E-state index contributed by atoms with van der Waals surface area (Å²) in [5.74, 6) is 2.55. The van der Waals surface area contributed by atoms with Crippen LogP contribution in [0.3, 0.4) is 0 Å². The number of rotatable bonds is 5. The Morgan fingerprint density at radius 3 is 2.36 bits per heavy atom. The van der Waals surface area contributed by atoms with Crippen LogP contribution in [0.15, 0.2) is 48.5 Å². The van der Waals surface area contributed by atoms with Gasteiger partial charge < -0.3 is 10.2 Å². The minimum Gasteiger partial charge on any atom is -0.348 e. The molecular weight excluding hydrogens is 388 g/mol. The zero-order chi connectivity index (χ0) is 19.3. The lowest BCUT2D eigenvalue weighted by atomic mass is 10.1. The second-order valence-electron chi connectivity index (χ2n) is 7.05. The number of carbonyl (C=O) groups is 2. The van der Waals surface area contributed by atoms with Crippen molar-refractivity contribution in [1.29, 1.82) is 0 Å². The fourth-order valence-corrected chi connectivity index (χ4v) is 6.37. The number of hydrogen-bond donors (Lipinski definition) is 1. The molecule has 4 rings (SSSR count). The van der Waals surface area contributed by atoms with Crippen LogP contribution in [0, 0.1) is 0 Å². The van der Waals surface area contributed by atoms with Crippen molar-refractivity contribution in [2.75, 3.05) is 23.0 Å². The van der Waals surface area contributed by atoms with Crippen LogP contribution in [-0.4, -0.2) is 29.9 Å². The normalized spacial score (nSPS) is 17.7. The Hall–Kier alpha value is -1.92. The lowest BCUT2D eigenvalue weighted by Crippen LogP contribution is -2.24.